The second-order valence-corrected chi connectivity index (χ2v) is 4.79. The van der Waals surface area contributed by atoms with E-state index >= 15 is 0 Å². The molecule has 130 valence electrons. The van der Waals surface area contributed by atoms with E-state index in [2.05, 4.69) is 10.7 Å². The molecule has 0 unspecified atom stereocenters. The first-order valence-electron chi connectivity index (χ1n) is 7.30. The number of hydrogen-bond acceptors (Lipinski definition) is 5. The molecule has 0 saturated carbocycles. The largest absolute Gasteiger partial charge is 0.497 e. The van der Waals surface area contributed by atoms with E-state index in [1.54, 1.807) is 54.6 Å². The van der Waals surface area contributed by atoms with Crippen molar-refractivity contribution in [3.05, 3.63) is 54.6 Å². The lowest BCUT2D eigenvalue weighted by Crippen LogP contribution is -2.48. The third-order valence-corrected chi connectivity index (χ3v) is 2.96. The molecule has 0 fully saturated rings. The maximum absolute atomic E-state index is 11.7. The number of carbonyl (C=O) groups is 3. The lowest BCUT2D eigenvalue weighted by atomic mass is 10.3. The average Bonchev–Trinajstić information content (AvgIpc) is 2.65. The summed E-state index contributed by atoms with van der Waals surface area (Å²) in [7, 11) is 1.52. The second-order valence-electron chi connectivity index (χ2n) is 4.79. The fourth-order valence-electron chi connectivity index (χ4n) is 1.77. The van der Waals surface area contributed by atoms with Gasteiger partial charge in [-0.25, -0.2) is 0 Å². The fourth-order valence-corrected chi connectivity index (χ4v) is 1.77. The molecule has 0 aliphatic carbocycles. The van der Waals surface area contributed by atoms with Gasteiger partial charge in [-0.1, -0.05) is 24.3 Å². The molecule has 25 heavy (non-hydrogen) atoms. The first-order valence-corrected chi connectivity index (χ1v) is 7.30. The van der Waals surface area contributed by atoms with Gasteiger partial charge in [-0.2, -0.15) is 0 Å². The first-order chi connectivity index (χ1) is 12.1. The number of benzene rings is 2. The quantitative estimate of drug-likeness (QED) is 0.552. The van der Waals surface area contributed by atoms with Crippen LogP contribution in [0.25, 0.3) is 0 Å². The Kier molecular flexibility index (Phi) is 6.35. The zero-order valence-electron chi connectivity index (χ0n) is 13.4. The Balaban J connectivity index is 1.73. The number of methoxy groups -OCH3 is 1. The highest BCUT2D eigenvalue weighted by atomic mass is 16.5. The lowest BCUT2D eigenvalue weighted by molar-refractivity contribution is -0.138. The lowest BCUT2D eigenvalue weighted by Gasteiger charge is -2.09. The molecule has 2 aromatic rings. The van der Waals surface area contributed by atoms with E-state index in [-0.39, 0.29) is 6.61 Å². The third kappa shape index (κ3) is 5.87. The van der Waals surface area contributed by atoms with Crippen molar-refractivity contribution in [3.63, 3.8) is 0 Å². The van der Waals surface area contributed by atoms with E-state index < -0.39 is 17.7 Å². The molecular formula is C17H17N3O5. The summed E-state index contributed by atoms with van der Waals surface area (Å²) >= 11 is 0. The Labute approximate surface area is 144 Å². The topological polar surface area (TPSA) is 106 Å². The zero-order valence-corrected chi connectivity index (χ0v) is 13.4. The molecule has 2 rings (SSSR count). The number of carbonyl (C=O) groups excluding carboxylic acids is 3. The predicted molar refractivity (Wildman–Crippen MR) is 89.8 cm³/mol. The smallest absolute Gasteiger partial charge is 0.328 e. The van der Waals surface area contributed by atoms with E-state index in [0.717, 1.165) is 0 Å². The van der Waals surface area contributed by atoms with Crippen molar-refractivity contribution in [1.82, 2.24) is 10.9 Å². The molecule has 0 atom stereocenters. The number of rotatable bonds is 5. The summed E-state index contributed by atoms with van der Waals surface area (Å²) in [5, 5.41) is 2.39. The predicted octanol–water partition coefficient (Wildman–Crippen LogP) is 0.860. The van der Waals surface area contributed by atoms with Crippen LogP contribution in [-0.4, -0.2) is 31.4 Å². The maximum atomic E-state index is 11.7. The van der Waals surface area contributed by atoms with Gasteiger partial charge < -0.3 is 14.8 Å². The maximum Gasteiger partial charge on any atom is 0.328 e. The van der Waals surface area contributed by atoms with Crippen LogP contribution in [0, 0.1) is 0 Å². The second kappa shape index (κ2) is 8.92. The van der Waals surface area contributed by atoms with Crippen LogP contribution in [0.3, 0.4) is 0 Å². The molecule has 0 aliphatic heterocycles. The van der Waals surface area contributed by atoms with Crippen molar-refractivity contribution in [1.29, 1.82) is 0 Å². The van der Waals surface area contributed by atoms with Crippen molar-refractivity contribution in [2.45, 2.75) is 0 Å². The molecule has 0 aliphatic rings. The summed E-state index contributed by atoms with van der Waals surface area (Å²) in [6, 6.07) is 15.2. The summed E-state index contributed by atoms with van der Waals surface area (Å²) in [4.78, 5) is 34.9. The zero-order chi connectivity index (χ0) is 18.1. The summed E-state index contributed by atoms with van der Waals surface area (Å²) in [6.07, 6.45) is 0. The van der Waals surface area contributed by atoms with Crippen molar-refractivity contribution in [2.24, 2.45) is 0 Å². The van der Waals surface area contributed by atoms with E-state index in [9.17, 15) is 14.4 Å². The molecule has 0 saturated heterocycles. The van der Waals surface area contributed by atoms with Crippen LogP contribution in [0.4, 0.5) is 5.69 Å². The summed E-state index contributed by atoms with van der Waals surface area (Å²) < 4.78 is 10.3. The van der Waals surface area contributed by atoms with Crippen LogP contribution in [-0.2, 0) is 14.4 Å². The molecule has 2 aromatic carbocycles. The standard InChI is InChI=1S/C17H17N3O5/c1-24-13-8-5-9-14(10-13)25-11-15(21)19-20-17(23)16(22)18-12-6-3-2-4-7-12/h2-10H,11H2,1H3,(H,18,22)(H,19,21)(H,20,23). The molecule has 0 spiro atoms. The van der Waals surface area contributed by atoms with Crippen LogP contribution >= 0.6 is 0 Å². The Bertz CT molecular complexity index is 749. The monoisotopic (exact) mass is 343 g/mol. The number of hydrazine groups is 1. The van der Waals surface area contributed by atoms with E-state index in [1.165, 1.54) is 7.11 Å². The molecule has 0 heterocycles. The van der Waals surface area contributed by atoms with Crippen molar-refractivity contribution >= 4 is 23.4 Å². The van der Waals surface area contributed by atoms with Gasteiger partial charge in [-0.3, -0.25) is 25.2 Å². The van der Waals surface area contributed by atoms with Gasteiger partial charge in [0, 0.05) is 11.8 Å². The van der Waals surface area contributed by atoms with Gasteiger partial charge in [0.1, 0.15) is 11.5 Å². The van der Waals surface area contributed by atoms with E-state index in [0.29, 0.717) is 17.2 Å². The Hall–Kier alpha value is -3.55. The summed E-state index contributed by atoms with van der Waals surface area (Å²) in [5.74, 6) is -1.51. The normalized spacial score (nSPS) is 9.64. The molecule has 0 aromatic heterocycles. The molecular weight excluding hydrogens is 326 g/mol. The number of anilines is 1. The molecule has 8 nitrogen and oxygen atoms in total. The van der Waals surface area contributed by atoms with Crippen LogP contribution in [0.5, 0.6) is 11.5 Å². The van der Waals surface area contributed by atoms with E-state index in [4.69, 9.17) is 9.47 Å². The number of nitrogens with one attached hydrogen (secondary N) is 3. The number of ether oxygens (including phenoxy) is 2. The van der Waals surface area contributed by atoms with Crippen molar-refractivity contribution in [3.8, 4) is 11.5 Å². The minimum atomic E-state index is -1.00. The Morgan fingerprint density at radius 3 is 2.32 bits per heavy atom. The number of amides is 3. The average molecular weight is 343 g/mol. The summed E-state index contributed by atoms with van der Waals surface area (Å²) in [5.41, 5.74) is 4.57. The molecule has 0 bridgehead atoms. The Morgan fingerprint density at radius 1 is 0.880 bits per heavy atom. The van der Waals surface area contributed by atoms with Crippen LogP contribution < -0.4 is 25.6 Å². The highest BCUT2D eigenvalue weighted by Crippen LogP contribution is 2.18. The third-order valence-electron chi connectivity index (χ3n) is 2.96. The van der Waals surface area contributed by atoms with Crippen LogP contribution in [0.1, 0.15) is 0 Å². The minimum Gasteiger partial charge on any atom is -0.497 e. The van der Waals surface area contributed by atoms with Gasteiger partial charge in [-0.15, -0.1) is 0 Å². The molecule has 3 N–H and O–H groups in total. The van der Waals surface area contributed by atoms with Gasteiger partial charge in [0.25, 0.3) is 5.91 Å². The minimum absolute atomic E-state index is 0.340. The number of para-hydroxylation sites is 1. The molecule has 3 amide bonds. The van der Waals surface area contributed by atoms with Gasteiger partial charge in [-0.05, 0) is 24.3 Å². The SMILES string of the molecule is COc1cccc(OCC(=O)NNC(=O)C(=O)Nc2ccccc2)c1. The van der Waals surface area contributed by atoms with Gasteiger partial charge >= 0.3 is 11.8 Å². The first kappa shape index (κ1) is 17.8. The van der Waals surface area contributed by atoms with Gasteiger partial charge in [0.05, 0.1) is 7.11 Å². The molecule has 8 heteroatoms. The van der Waals surface area contributed by atoms with Crippen LogP contribution in [0.15, 0.2) is 54.6 Å². The Morgan fingerprint density at radius 2 is 1.60 bits per heavy atom. The molecule has 0 radical (unpaired) electrons. The number of hydrogen-bond donors (Lipinski definition) is 3. The highest BCUT2D eigenvalue weighted by molar-refractivity contribution is 6.39. The van der Waals surface area contributed by atoms with E-state index in [1.807, 2.05) is 5.43 Å². The summed E-state index contributed by atoms with van der Waals surface area (Å²) in [6.45, 7) is -0.340. The van der Waals surface area contributed by atoms with Crippen molar-refractivity contribution in [2.75, 3.05) is 19.0 Å². The van der Waals surface area contributed by atoms with Crippen LogP contribution in [0.2, 0.25) is 0 Å². The fraction of sp³-hybridized carbons (Fsp3) is 0.118. The van der Waals surface area contributed by atoms with Crippen molar-refractivity contribution < 1.29 is 23.9 Å². The van der Waals surface area contributed by atoms with Gasteiger partial charge in [0.2, 0.25) is 0 Å². The van der Waals surface area contributed by atoms with Gasteiger partial charge in [0.15, 0.2) is 6.61 Å². The highest BCUT2D eigenvalue weighted by Gasteiger charge is 2.14.